The van der Waals surface area contributed by atoms with Gasteiger partial charge in [0.25, 0.3) is 0 Å². The standard InChI is InChI=1S/C13H19NO2S/c1-15-10-6-5-9(13(14)7-4-8-13)12(17-3)11(10)16-2/h5-6H,4,7-8,14H2,1-3H3. The van der Waals surface area contributed by atoms with Gasteiger partial charge in [0.2, 0.25) is 0 Å². The first-order valence-electron chi connectivity index (χ1n) is 5.74. The molecule has 1 aliphatic carbocycles. The monoisotopic (exact) mass is 253 g/mol. The second-order valence-corrected chi connectivity index (χ2v) is 5.21. The number of benzene rings is 1. The highest BCUT2D eigenvalue weighted by molar-refractivity contribution is 7.98. The Bertz CT molecular complexity index is 416. The van der Waals surface area contributed by atoms with E-state index < -0.39 is 0 Å². The number of methoxy groups -OCH3 is 2. The van der Waals surface area contributed by atoms with E-state index in [1.54, 1.807) is 26.0 Å². The van der Waals surface area contributed by atoms with Gasteiger partial charge in [-0.3, -0.25) is 0 Å². The smallest absolute Gasteiger partial charge is 0.174 e. The van der Waals surface area contributed by atoms with Crippen LogP contribution in [0, 0.1) is 0 Å². The van der Waals surface area contributed by atoms with Gasteiger partial charge >= 0.3 is 0 Å². The van der Waals surface area contributed by atoms with Gasteiger partial charge in [-0.2, -0.15) is 0 Å². The highest BCUT2D eigenvalue weighted by atomic mass is 32.2. The van der Waals surface area contributed by atoms with Crippen LogP contribution >= 0.6 is 11.8 Å². The van der Waals surface area contributed by atoms with E-state index in [9.17, 15) is 0 Å². The Morgan fingerprint density at radius 1 is 1.24 bits per heavy atom. The second-order valence-electron chi connectivity index (χ2n) is 4.39. The van der Waals surface area contributed by atoms with Crippen LogP contribution in [0.3, 0.4) is 0 Å². The molecule has 0 radical (unpaired) electrons. The average molecular weight is 253 g/mol. The molecule has 0 spiro atoms. The molecule has 0 atom stereocenters. The van der Waals surface area contributed by atoms with Crippen LogP contribution in [0.2, 0.25) is 0 Å². The molecular weight excluding hydrogens is 234 g/mol. The molecule has 17 heavy (non-hydrogen) atoms. The molecule has 0 amide bonds. The van der Waals surface area contributed by atoms with E-state index in [0.717, 1.165) is 29.2 Å². The van der Waals surface area contributed by atoms with Gasteiger partial charge in [0, 0.05) is 5.54 Å². The largest absolute Gasteiger partial charge is 0.493 e. The second kappa shape index (κ2) is 4.78. The maximum absolute atomic E-state index is 6.41. The summed E-state index contributed by atoms with van der Waals surface area (Å²) in [5.74, 6) is 1.57. The molecule has 1 saturated carbocycles. The third-order valence-corrected chi connectivity index (χ3v) is 4.30. The highest BCUT2D eigenvalue weighted by Crippen LogP contribution is 2.48. The van der Waals surface area contributed by atoms with E-state index in [4.69, 9.17) is 15.2 Å². The van der Waals surface area contributed by atoms with Crippen molar-refractivity contribution in [3.05, 3.63) is 17.7 Å². The van der Waals surface area contributed by atoms with E-state index in [1.807, 2.05) is 12.3 Å². The zero-order chi connectivity index (χ0) is 12.5. The molecular formula is C13H19NO2S. The number of rotatable bonds is 4. The lowest BCUT2D eigenvalue weighted by Crippen LogP contribution is -2.43. The topological polar surface area (TPSA) is 44.5 Å². The van der Waals surface area contributed by atoms with E-state index >= 15 is 0 Å². The molecule has 2 N–H and O–H groups in total. The summed E-state index contributed by atoms with van der Waals surface area (Å²) in [6, 6.07) is 4.02. The van der Waals surface area contributed by atoms with Gasteiger partial charge in [-0.15, -0.1) is 11.8 Å². The molecule has 0 aromatic heterocycles. The third kappa shape index (κ3) is 2.00. The van der Waals surface area contributed by atoms with Crippen molar-refractivity contribution >= 4 is 11.8 Å². The van der Waals surface area contributed by atoms with Gasteiger partial charge < -0.3 is 15.2 Å². The summed E-state index contributed by atoms with van der Waals surface area (Å²) in [6.45, 7) is 0. The number of ether oxygens (including phenoxy) is 2. The van der Waals surface area contributed by atoms with Crippen molar-refractivity contribution in [2.45, 2.75) is 29.7 Å². The van der Waals surface area contributed by atoms with Gasteiger partial charge in [-0.25, -0.2) is 0 Å². The normalized spacial score (nSPS) is 17.4. The summed E-state index contributed by atoms with van der Waals surface area (Å²) in [5.41, 5.74) is 7.43. The van der Waals surface area contributed by atoms with Crippen LogP contribution in [-0.4, -0.2) is 20.5 Å². The molecule has 3 nitrogen and oxygen atoms in total. The number of hydrogen-bond donors (Lipinski definition) is 1. The lowest BCUT2D eigenvalue weighted by atomic mass is 9.72. The minimum atomic E-state index is -0.169. The van der Waals surface area contributed by atoms with Crippen molar-refractivity contribution < 1.29 is 9.47 Å². The predicted octanol–water partition coefficient (Wildman–Crippen LogP) is 2.76. The Labute approximate surface area is 107 Å². The molecule has 1 aromatic carbocycles. The van der Waals surface area contributed by atoms with Crippen LogP contribution in [0.1, 0.15) is 24.8 Å². The molecule has 1 aromatic rings. The maximum Gasteiger partial charge on any atom is 0.174 e. The predicted molar refractivity (Wildman–Crippen MR) is 71.0 cm³/mol. The van der Waals surface area contributed by atoms with Gasteiger partial charge in [-0.1, -0.05) is 6.07 Å². The lowest BCUT2D eigenvalue weighted by Gasteiger charge is -2.40. The Balaban J connectivity index is 2.53. The van der Waals surface area contributed by atoms with Crippen LogP contribution in [0.25, 0.3) is 0 Å². The van der Waals surface area contributed by atoms with Gasteiger partial charge in [0.1, 0.15) is 0 Å². The van der Waals surface area contributed by atoms with Gasteiger partial charge in [0.15, 0.2) is 11.5 Å². The molecule has 2 rings (SSSR count). The quantitative estimate of drug-likeness (QED) is 0.838. The van der Waals surface area contributed by atoms with Crippen LogP contribution in [0.15, 0.2) is 17.0 Å². The lowest BCUT2D eigenvalue weighted by molar-refractivity contribution is 0.246. The van der Waals surface area contributed by atoms with E-state index in [2.05, 4.69) is 6.07 Å². The molecule has 0 aliphatic heterocycles. The fourth-order valence-electron chi connectivity index (χ4n) is 2.32. The summed E-state index contributed by atoms with van der Waals surface area (Å²) in [4.78, 5) is 1.11. The molecule has 0 unspecified atom stereocenters. The van der Waals surface area contributed by atoms with Crippen molar-refractivity contribution in [2.24, 2.45) is 5.73 Å². The summed E-state index contributed by atoms with van der Waals surface area (Å²) in [5, 5.41) is 0. The molecule has 1 aliphatic rings. The highest BCUT2D eigenvalue weighted by Gasteiger charge is 2.37. The number of nitrogens with two attached hydrogens (primary N) is 1. The maximum atomic E-state index is 6.41. The minimum absolute atomic E-state index is 0.169. The van der Waals surface area contributed by atoms with Gasteiger partial charge in [0.05, 0.1) is 19.1 Å². The molecule has 0 bridgehead atoms. The zero-order valence-electron chi connectivity index (χ0n) is 10.6. The minimum Gasteiger partial charge on any atom is -0.493 e. The summed E-state index contributed by atoms with van der Waals surface area (Å²) >= 11 is 1.67. The molecule has 1 fully saturated rings. The molecule has 0 heterocycles. The molecule has 94 valence electrons. The SMILES string of the molecule is COc1ccc(C2(N)CCC2)c(SC)c1OC. The van der Waals surface area contributed by atoms with Crippen LogP contribution in [0.5, 0.6) is 11.5 Å². The number of hydrogen-bond acceptors (Lipinski definition) is 4. The van der Waals surface area contributed by atoms with Crippen molar-refractivity contribution in [1.29, 1.82) is 0 Å². The van der Waals surface area contributed by atoms with Crippen LogP contribution < -0.4 is 15.2 Å². The Kier molecular flexibility index (Phi) is 3.54. The van der Waals surface area contributed by atoms with Crippen LogP contribution in [-0.2, 0) is 5.54 Å². The van der Waals surface area contributed by atoms with E-state index in [1.165, 1.54) is 12.0 Å². The van der Waals surface area contributed by atoms with Crippen molar-refractivity contribution in [2.75, 3.05) is 20.5 Å². The van der Waals surface area contributed by atoms with Crippen molar-refractivity contribution in [1.82, 2.24) is 0 Å². The number of thioether (sulfide) groups is 1. The van der Waals surface area contributed by atoms with Crippen molar-refractivity contribution in [3.63, 3.8) is 0 Å². The third-order valence-electron chi connectivity index (χ3n) is 3.49. The van der Waals surface area contributed by atoms with Gasteiger partial charge in [-0.05, 0) is 37.1 Å². The average Bonchev–Trinajstić information content (AvgIpc) is 2.33. The van der Waals surface area contributed by atoms with E-state index in [0.29, 0.717) is 0 Å². The molecule has 0 saturated heterocycles. The molecule has 4 heteroatoms. The summed E-state index contributed by atoms with van der Waals surface area (Å²) < 4.78 is 10.8. The summed E-state index contributed by atoms with van der Waals surface area (Å²) in [6.07, 6.45) is 5.35. The Morgan fingerprint density at radius 2 is 1.94 bits per heavy atom. The fourth-order valence-corrected chi connectivity index (χ4v) is 3.18. The van der Waals surface area contributed by atoms with Crippen molar-refractivity contribution in [3.8, 4) is 11.5 Å². The zero-order valence-corrected chi connectivity index (χ0v) is 11.4. The Morgan fingerprint density at radius 3 is 2.35 bits per heavy atom. The van der Waals surface area contributed by atoms with Crippen LogP contribution in [0.4, 0.5) is 0 Å². The first-order valence-corrected chi connectivity index (χ1v) is 6.97. The first-order chi connectivity index (χ1) is 8.16. The summed E-state index contributed by atoms with van der Waals surface area (Å²) in [7, 11) is 3.33. The Hall–Kier alpha value is -0.870. The first kappa shape index (κ1) is 12.6. The van der Waals surface area contributed by atoms with E-state index in [-0.39, 0.29) is 5.54 Å². The fraction of sp³-hybridized carbons (Fsp3) is 0.538.